The van der Waals surface area contributed by atoms with Crippen molar-refractivity contribution in [2.75, 3.05) is 0 Å². The number of aryl methyl sites for hydroxylation is 1. The van der Waals surface area contributed by atoms with Crippen molar-refractivity contribution in [2.24, 2.45) is 5.73 Å². The van der Waals surface area contributed by atoms with Crippen LogP contribution in [0.1, 0.15) is 29.3 Å². The van der Waals surface area contributed by atoms with E-state index in [1.165, 1.54) is 12.4 Å². The number of hydrogen-bond acceptors (Lipinski definition) is 3. The molecule has 0 unspecified atom stereocenters. The van der Waals surface area contributed by atoms with E-state index in [0.29, 0.717) is 16.1 Å². The summed E-state index contributed by atoms with van der Waals surface area (Å²) in [6, 6.07) is 5.64. The highest BCUT2D eigenvalue weighted by Crippen LogP contribution is 2.29. The first-order valence-corrected chi connectivity index (χ1v) is 8.65. The minimum atomic E-state index is -2.40. The van der Waals surface area contributed by atoms with Crippen molar-refractivity contribution in [1.82, 2.24) is 14.6 Å². The lowest BCUT2D eigenvalue weighted by Gasteiger charge is -2.11. The number of pyridine rings is 2. The van der Waals surface area contributed by atoms with Gasteiger partial charge in [0.15, 0.2) is 0 Å². The van der Waals surface area contributed by atoms with Crippen LogP contribution in [0.5, 0.6) is 0 Å². The van der Waals surface area contributed by atoms with Gasteiger partial charge in [0.25, 0.3) is 0 Å². The van der Waals surface area contributed by atoms with Crippen molar-refractivity contribution in [1.29, 1.82) is 0 Å². The lowest BCUT2D eigenvalue weighted by atomic mass is 9.97. The van der Waals surface area contributed by atoms with Crippen molar-refractivity contribution in [3.05, 3.63) is 83.1 Å². The molecular formula is C20H21ClF2N4. The average Bonchev–Trinajstić information content (AvgIpc) is 3.01. The number of fused-ring (bicyclic) bond motifs is 1. The topological polar surface area (TPSA) is 56.2 Å². The smallest absolute Gasteiger partial charge is 0.242 e. The quantitative estimate of drug-likeness (QED) is 0.679. The zero-order valence-electron chi connectivity index (χ0n) is 15.2. The van der Waals surface area contributed by atoms with Gasteiger partial charge in [0.05, 0.1) is 16.7 Å². The van der Waals surface area contributed by atoms with Gasteiger partial charge in [-0.2, -0.15) is 5.10 Å². The van der Waals surface area contributed by atoms with Crippen LogP contribution >= 0.6 is 11.6 Å². The zero-order valence-corrected chi connectivity index (χ0v) is 15.9. The Morgan fingerprint density at radius 3 is 2.70 bits per heavy atom. The minimum Gasteiger partial charge on any atom is -0.405 e. The van der Waals surface area contributed by atoms with Crippen molar-refractivity contribution in [3.8, 4) is 0 Å². The molecule has 0 saturated carbocycles. The molecule has 2 N–H and O–H groups in total. The summed E-state index contributed by atoms with van der Waals surface area (Å²) in [6.45, 7) is 6.98. The van der Waals surface area contributed by atoms with Crippen LogP contribution in [-0.4, -0.2) is 21.0 Å². The van der Waals surface area contributed by atoms with Gasteiger partial charge >= 0.3 is 0 Å². The van der Waals surface area contributed by atoms with E-state index in [-0.39, 0.29) is 6.42 Å². The molecule has 3 aromatic rings. The van der Waals surface area contributed by atoms with E-state index in [1.807, 2.05) is 38.1 Å². The molecule has 142 valence electrons. The molecule has 3 rings (SSSR count). The molecule has 0 atom stereocenters. The summed E-state index contributed by atoms with van der Waals surface area (Å²) in [4.78, 5) is 4.29. The van der Waals surface area contributed by atoms with Crippen molar-refractivity contribution >= 4 is 22.7 Å². The first-order chi connectivity index (χ1) is 12.9. The number of rotatable bonds is 4. The maximum atomic E-state index is 12.7. The number of nitrogens with zero attached hydrogens (tertiary/aromatic N) is 3. The van der Waals surface area contributed by atoms with Crippen LogP contribution < -0.4 is 5.73 Å². The van der Waals surface area contributed by atoms with Crippen molar-refractivity contribution < 1.29 is 8.78 Å². The van der Waals surface area contributed by atoms with Gasteiger partial charge in [-0.15, -0.1) is 0 Å². The number of halogens is 3. The van der Waals surface area contributed by atoms with E-state index >= 15 is 0 Å². The summed E-state index contributed by atoms with van der Waals surface area (Å²) in [5, 5.41) is 4.69. The number of aromatic nitrogens is 3. The third-order valence-electron chi connectivity index (χ3n) is 3.92. The summed E-state index contributed by atoms with van der Waals surface area (Å²) >= 11 is 6.08. The molecule has 0 spiro atoms. The highest BCUT2D eigenvalue weighted by molar-refractivity contribution is 6.30. The van der Waals surface area contributed by atoms with Crippen LogP contribution in [0.15, 0.2) is 55.6 Å². The van der Waals surface area contributed by atoms with E-state index in [2.05, 4.69) is 22.4 Å². The molecule has 0 amide bonds. The molecule has 27 heavy (non-hydrogen) atoms. The predicted octanol–water partition coefficient (Wildman–Crippen LogP) is 5.04. The van der Waals surface area contributed by atoms with Gasteiger partial charge in [0.2, 0.25) is 6.43 Å². The molecule has 0 aliphatic heterocycles. The van der Waals surface area contributed by atoms with Crippen molar-refractivity contribution in [3.63, 3.8) is 0 Å². The Hall–Kier alpha value is -2.73. The molecule has 0 radical (unpaired) electrons. The predicted molar refractivity (Wildman–Crippen MR) is 106 cm³/mol. The van der Waals surface area contributed by atoms with E-state index in [4.69, 9.17) is 11.6 Å². The second-order valence-corrected chi connectivity index (χ2v) is 6.17. The van der Waals surface area contributed by atoms with Crippen LogP contribution in [0.3, 0.4) is 0 Å². The highest BCUT2D eigenvalue weighted by atomic mass is 35.5. The Morgan fingerprint density at radius 1 is 1.37 bits per heavy atom. The standard InChI is InChI=1S/C18H16ClF2N3.C2H5N/c1-3-15(16-8-14(19)10-22-11(16)2)12-4-5-24-17(6-12)13(9-23-24)7-18(20)21;1-2-3/h3-6,8-10,18H,7H2,1-2H3;2H,1,3H2/b15-3-;. The summed E-state index contributed by atoms with van der Waals surface area (Å²) in [7, 11) is 0. The van der Waals surface area contributed by atoms with Gasteiger partial charge in [-0.25, -0.2) is 13.3 Å². The fraction of sp³-hybridized carbons (Fsp3) is 0.200. The Morgan fingerprint density at radius 2 is 2.07 bits per heavy atom. The first-order valence-electron chi connectivity index (χ1n) is 8.27. The van der Waals surface area contributed by atoms with Crippen molar-refractivity contribution in [2.45, 2.75) is 26.7 Å². The SMILES string of the molecule is C/C=C(/c1ccn2ncc(CC(F)F)c2c1)c1cc(Cl)cnc1C.C=CN. The van der Waals surface area contributed by atoms with E-state index in [1.54, 1.807) is 16.9 Å². The van der Waals surface area contributed by atoms with E-state index < -0.39 is 6.43 Å². The molecule has 0 aliphatic carbocycles. The normalized spacial score (nSPS) is 11.4. The largest absolute Gasteiger partial charge is 0.405 e. The van der Waals surface area contributed by atoms with Crippen LogP contribution in [0.2, 0.25) is 5.02 Å². The Kier molecular flexibility index (Phi) is 7.07. The maximum Gasteiger partial charge on any atom is 0.242 e. The monoisotopic (exact) mass is 390 g/mol. The lowest BCUT2D eigenvalue weighted by Crippen LogP contribution is -1.98. The third kappa shape index (κ3) is 4.92. The number of alkyl halides is 2. The fourth-order valence-electron chi connectivity index (χ4n) is 2.78. The van der Waals surface area contributed by atoms with E-state index in [0.717, 1.165) is 22.4 Å². The van der Waals surface area contributed by atoms with Gasteiger partial charge < -0.3 is 5.73 Å². The summed E-state index contributed by atoms with van der Waals surface area (Å²) in [6.07, 6.45) is 5.38. The highest BCUT2D eigenvalue weighted by Gasteiger charge is 2.14. The Labute approximate surface area is 162 Å². The molecule has 3 aromatic heterocycles. The first kappa shape index (κ1) is 20.6. The summed E-state index contributed by atoms with van der Waals surface area (Å²) < 4.78 is 27.1. The summed E-state index contributed by atoms with van der Waals surface area (Å²) in [5.74, 6) is 0. The molecule has 4 nitrogen and oxygen atoms in total. The number of nitrogens with two attached hydrogens (primary N) is 1. The van der Waals surface area contributed by atoms with Crippen LogP contribution in [-0.2, 0) is 6.42 Å². The lowest BCUT2D eigenvalue weighted by molar-refractivity contribution is 0.149. The fourth-order valence-corrected chi connectivity index (χ4v) is 2.94. The number of allylic oxidation sites excluding steroid dienone is 1. The maximum absolute atomic E-state index is 12.7. The van der Waals surface area contributed by atoms with Gasteiger partial charge in [0.1, 0.15) is 0 Å². The van der Waals surface area contributed by atoms with E-state index in [9.17, 15) is 8.78 Å². The second kappa shape index (κ2) is 9.28. The second-order valence-electron chi connectivity index (χ2n) is 5.73. The van der Waals surface area contributed by atoms with Gasteiger partial charge in [-0.1, -0.05) is 24.3 Å². The Bertz CT molecular complexity index is 964. The molecule has 0 aromatic carbocycles. The molecule has 0 saturated heterocycles. The van der Waals surface area contributed by atoms with Crippen LogP contribution in [0.4, 0.5) is 8.78 Å². The molecular weight excluding hydrogens is 370 g/mol. The minimum absolute atomic E-state index is 0.310. The molecule has 0 fully saturated rings. The number of hydrogen-bond donors (Lipinski definition) is 1. The third-order valence-corrected chi connectivity index (χ3v) is 4.13. The molecule has 0 aliphatic rings. The summed E-state index contributed by atoms with van der Waals surface area (Å²) in [5.41, 5.74) is 9.46. The van der Waals surface area contributed by atoms with Crippen LogP contribution in [0, 0.1) is 6.92 Å². The molecule has 7 heteroatoms. The van der Waals surface area contributed by atoms with Crippen LogP contribution in [0.25, 0.3) is 11.1 Å². The molecule has 0 bridgehead atoms. The van der Waals surface area contributed by atoms with Gasteiger partial charge in [-0.3, -0.25) is 4.98 Å². The van der Waals surface area contributed by atoms with Gasteiger partial charge in [-0.05, 0) is 49.4 Å². The zero-order chi connectivity index (χ0) is 20.0. The molecule has 3 heterocycles. The average molecular weight is 391 g/mol. The Balaban J connectivity index is 0.000000817. The van der Waals surface area contributed by atoms with Gasteiger partial charge in [0, 0.05) is 35.6 Å².